The molecule has 4 aliphatic carbocycles. The van der Waals surface area contributed by atoms with Gasteiger partial charge in [-0.2, -0.15) is 0 Å². The van der Waals surface area contributed by atoms with Gasteiger partial charge in [0.25, 0.3) is 5.91 Å². The predicted molar refractivity (Wildman–Crippen MR) is 110 cm³/mol. The number of hydrogen-bond acceptors (Lipinski definition) is 4. The van der Waals surface area contributed by atoms with Crippen LogP contribution in [0, 0.1) is 23.2 Å². The first-order valence-electron chi connectivity index (χ1n) is 11.1. The third-order valence-corrected chi connectivity index (χ3v) is 7.38. The van der Waals surface area contributed by atoms with E-state index in [0.29, 0.717) is 12.2 Å². The maximum atomic E-state index is 12.5. The highest BCUT2D eigenvalue weighted by atomic mass is 16.6. The number of benzene rings is 1. The first-order chi connectivity index (χ1) is 14.0. The lowest BCUT2D eigenvalue weighted by Crippen LogP contribution is -2.56. The van der Waals surface area contributed by atoms with Crippen molar-refractivity contribution in [3.8, 4) is 5.75 Å². The fraction of sp³-hybridized carbons (Fsp3) is 0.667. The second-order valence-corrected chi connectivity index (χ2v) is 9.50. The third-order valence-electron chi connectivity index (χ3n) is 7.38. The van der Waals surface area contributed by atoms with Gasteiger partial charge in [-0.15, -0.1) is 0 Å². The number of carbonyl (C=O) groups excluding carboxylic acids is 2. The molecule has 0 aromatic heterocycles. The summed E-state index contributed by atoms with van der Waals surface area (Å²) in [5.74, 6) is 2.46. The monoisotopic (exact) mass is 399 g/mol. The van der Waals surface area contributed by atoms with Crippen LogP contribution in [0.3, 0.4) is 0 Å². The van der Waals surface area contributed by atoms with E-state index in [1.807, 2.05) is 25.1 Å². The van der Waals surface area contributed by atoms with Gasteiger partial charge in [0, 0.05) is 6.04 Å². The molecule has 0 unspecified atom stereocenters. The molecule has 29 heavy (non-hydrogen) atoms. The average molecular weight is 400 g/mol. The summed E-state index contributed by atoms with van der Waals surface area (Å²) in [6.45, 7) is 3.76. The zero-order chi connectivity index (χ0) is 20.4. The summed E-state index contributed by atoms with van der Waals surface area (Å²) in [4.78, 5) is 24.9. The van der Waals surface area contributed by atoms with Gasteiger partial charge >= 0.3 is 5.97 Å². The Morgan fingerprint density at radius 1 is 1.07 bits per heavy atom. The second-order valence-electron chi connectivity index (χ2n) is 9.50. The molecule has 1 aromatic carbocycles. The summed E-state index contributed by atoms with van der Waals surface area (Å²) in [7, 11) is 0. The highest BCUT2D eigenvalue weighted by molar-refractivity contribution is 5.82. The van der Waals surface area contributed by atoms with Crippen molar-refractivity contribution >= 4 is 11.9 Å². The van der Waals surface area contributed by atoms with Crippen LogP contribution >= 0.6 is 0 Å². The number of esters is 1. The number of carbonyl (C=O) groups is 2. The Morgan fingerprint density at radius 2 is 1.66 bits per heavy atom. The van der Waals surface area contributed by atoms with Gasteiger partial charge < -0.3 is 14.8 Å². The molecule has 0 aliphatic heterocycles. The molecule has 4 fully saturated rings. The fourth-order valence-corrected chi connectivity index (χ4v) is 6.34. The van der Waals surface area contributed by atoms with E-state index < -0.39 is 12.1 Å². The summed E-state index contributed by atoms with van der Waals surface area (Å²) in [6.07, 6.45) is 7.66. The van der Waals surface area contributed by atoms with Crippen molar-refractivity contribution in [2.24, 2.45) is 23.2 Å². The van der Waals surface area contributed by atoms with Crippen molar-refractivity contribution in [1.29, 1.82) is 0 Å². The van der Waals surface area contributed by atoms with Gasteiger partial charge in [-0.1, -0.05) is 25.1 Å². The van der Waals surface area contributed by atoms with E-state index in [4.69, 9.17) is 9.47 Å². The molecular formula is C24H33NO4. The van der Waals surface area contributed by atoms with Gasteiger partial charge in [0.05, 0.1) is 0 Å². The SMILES string of the molecule is CC[C@@H](Oc1ccccc1)C(=O)OCC(=O)N[C@@H](C)C12CC3CC(CC(C3)C1)C2. The Morgan fingerprint density at radius 3 is 2.21 bits per heavy atom. The quantitative estimate of drug-likeness (QED) is 0.668. The topological polar surface area (TPSA) is 64.6 Å². The lowest BCUT2D eigenvalue weighted by Gasteiger charge is -2.59. The van der Waals surface area contributed by atoms with E-state index in [9.17, 15) is 9.59 Å². The minimum atomic E-state index is -0.703. The molecule has 5 rings (SSSR count). The van der Waals surface area contributed by atoms with Crippen molar-refractivity contribution in [1.82, 2.24) is 5.32 Å². The zero-order valence-corrected chi connectivity index (χ0v) is 17.6. The number of ether oxygens (including phenoxy) is 2. The lowest BCUT2D eigenvalue weighted by atomic mass is 9.48. The van der Waals surface area contributed by atoms with E-state index in [0.717, 1.165) is 17.8 Å². The number of hydrogen-bond donors (Lipinski definition) is 1. The first kappa shape index (κ1) is 20.2. The summed E-state index contributed by atoms with van der Waals surface area (Å²) < 4.78 is 11.0. The normalized spacial score (nSPS) is 31.7. The van der Waals surface area contributed by atoms with Crippen LogP contribution < -0.4 is 10.1 Å². The van der Waals surface area contributed by atoms with Crippen LogP contribution in [0.15, 0.2) is 30.3 Å². The van der Waals surface area contributed by atoms with E-state index >= 15 is 0 Å². The zero-order valence-electron chi connectivity index (χ0n) is 17.6. The van der Waals surface area contributed by atoms with Crippen molar-refractivity contribution < 1.29 is 19.1 Å². The Hall–Kier alpha value is -2.04. The van der Waals surface area contributed by atoms with Crippen LogP contribution in [-0.2, 0) is 14.3 Å². The van der Waals surface area contributed by atoms with Gasteiger partial charge in [-0.25, -0.2) is 4.79 Å². The van der Waals surface area contributed by atoms with Crippen LogP contribution in [0.25, 0.3) is 0 Å². The largest absolute Gasteiger partial charge is 0.479 e. The predicted octanol–water partition coefficient (Wildman–Crippen LogP) is 4.11. The summed E-state index contributed by atoms with van der Waals surface area (Å²) in [5.41, 5.74) is 0.247. The molecule has 0 spiro atoms. The minimum absolute atomic E-state index is 0.129. The smallest absolute Gasteiger partial charge is 0.347 e. The molecule has 0 saturated heterocycles. The van der Waals surface area contributed by atoms with Crippen LogP contribution in [0.4, 0.5) is 0 Å². The molecule has 4 saturated carbocycles. The molecule has 5 nitrogen and oxygen atoms in total. The summed E-state index contributed by atoms with van der Waals surface area (Å²) in [6, 6.07) is 9.33. The Balaban J connectivity index is 1.27. The number of rotatable bonds is 8. The molecular weight excluding hydrogens is 366 g/mol. The molecule has 2 atom stereocenters. The maximum Gasteiger partial charge on any atom is 0.347 e. The fourth-order valence-electron chi connectivity index (χ4n) is 6.34. The second kappa shape index (κ2) is 8.37. The van der Waals surface area contributed by atoms with Gasteiger partial charge in [0.2, 0.25) is 0 Å². The van der Waals surface area contributed by atoms with Gasteiger partial charge in [0.15, 0.2) is 12.7 Å². The summed E-state index contributed by atoms with van der Waals surface area (Å²) in [5, 5.41) is 3.14. The van der Waals surface area contributed by atoms with E-state index in [2.05, 4.69) is 12.2 Å². The van der Waals surface area contributed by atoms with E-state index in [-0.39, 0.29) is 24.0 Å². The molecule has 1 amide bonds. The first-order valence-corrected chi connectivity index (χ1v) is 11.1. The average Bonchev–Trinajstić information content (AvgIpc) is 2.70. The minimum Gasteiger partial charge on any atom is -0.479 e. The van der Waals surface area contributed by atoms with E-state index in [1.165, 1.54) is 38.5 Å². The van der Waals surface area contributed by atoms with Crippen molar-refractivity contribution in [2.75, 3.05) is 6.61 Å². The number of amides is 1. The van der Waals surface area contributed by atoms with Crippen LogP contribution in [0.5, 0.6) is 5.75 Å². The van der Waals surface area contributed by atoms with Gasteiger partial charge in [0.1, 0.15) is 5.75 Å². The van der Waals surface area contributed by atoms with Crippen molar-refractivity contribution in [3.05, 3.63) is 30.3 Å². The molecule has 4 bridgehead atoms. The van der Waals surface area contributed by atoms with Crippen molar-refractivity contribution in [3.63, 3.8) is 0 Å². The molecule has 4 aliphatic rings. The third kappa shape index (κ3) is 4.44. The van der Waals surface area contributed by atoms with Crippen LogP contribution in [-0.4, -0.2) is 30.6 Å². The highest BCUT2D eigenvalue weighted by Crippen LogP contribution is 2.61. The standard InChI is InChI=1S/C24H33NO4/c1-3-21(29-20-7-5-4-6-8-20)23(27)28-15-22(26)25-16(2)24-12-17-9-18(13-24)11-19(10-17)14-24/h4-8,16-19,21H,3,9-15H2,1-2H3,(H,25,26)/t16-,17?,18?,19?,21+,24?/m0/s1. The maximum absolute atomic E-state index is 12.5. The van der Waals surface area contributed by atoms with Crippen LogP contribution in [0.2, 0.25) is 0 Å². The van der Waals surface area contributed by atoms with Crippen LogP contribution in [0.1, 0.15) is 58.8 Å². The molecule has 1 aromatic rings. The molecule has 0 heterocycles. The van der Waals surface area contributed by atoms with E-state index in [1.54, 1.807) is 12.1 Å². The molecule has 0 radical (unpaired) electrons. The lowest BCUT2D eigenvalue weighted by molar-refractivity contribution is -0.156. The number of nitrogens with one attached hydrogen (secondary N) is 1. The highest BCUT2D eigenvalue weighted by Gasteiger charge is 2.53. The summed E-state index contributed by atoms with van der Waals surface area (Å²) >= 11 is 0. The number of para-hydroxylation sites is 1. The van der Waals surface area contributed by atoms with Gasteiger partial charge in [-0.05, 0) is 87.2 Å². The van der Waals surface area contributed by atoms with Gasteiger partial charge in [-0.3, -0.25) is 4.79 Å². The Labute approximate surface area is 173 Å². The molecule has 5 heteroatoms. The Bertz CT molecular complexity index is 696. The molecule has 1 N–H and O–H groups in total. The Kier molecular flexibility index (Phi) is 5.84. The van der Waals surface area contributed by atoms with Crippen molar-refractivity contribution in [2.45, 2.75) is 70.9 Å². The molecule has 158 valence electrons.